The molecule has 0 aliphatic rings. The van der Waals surface area contributed by atoms with Gasteiger partial charge < -0.3 is 5.32 Å². The van der Waals surface area contributed by atoms with E-state index in [-0.39, 0.29) is 5.82 Å². The fraction of sp³-hybridized carbons (Fsp3) is 0.167. The van der Waals surface area contributed by atoms with Gasteiger partial charge in [-0.2, -0.15) is 5.10 Å². The van der Waals surface area contributed by atoms with Crippen LogP contribution in [0.1, 0.15) is 11.1 Å². The van der Waals surface area contributed by atoms with Crippen LogP contribution in [0.4, 0.5) is 10.2 Å². The molecule has 0 radical (unpaired) electrons. The van der Waals surface area contributed by atoms with E-state index < -0.39 is 0 Å². The molecule has 1 heterocycles. The van der Waals surface area contributed by atoms with Crippen molar-refractivity contribution in [2.45, 2.75) is 13.5 Å². The van der Waals surface area contributed by atoms with E-state index in [4.69, 9.17) is 0 Å². The van der Waals surface area contributed by atoms with Crippen LogP contribution in [0, 0.1) is 12.7 Å². The SMILES string of the molecule is Cc1cccc(Cn2ccc(NC=S)n2)c1F. The third-order valence-corrected chi connectivity index (χ3v) is 2.57. The van der Waals surface area contributed by atoms with Crippen molar-refractivity contribution in [2.75, 3.05) is 5.32 Å². The van der Waals surface area contributed by atoms with E-state index in [1.807, 2.05) is 6.07 Å². The van der Waals surface area contributed by atoms with Gasteiger partial charge in [0, 0.05) is 17.8 Å². The number of anilines is 1. The molecule has 1 aromatic carbocycles. The summed E-state index contributed by atoms with van der Waals surface area (Å²) < 4.78 is 15.4. The van der Waals surface area contributed by atoms with E-state index in [9.17, 15) is 4.39 Å². The molecule has 0 fully saturated rings. The Labute approximate surface area is 104 Å². The van der Waals surface area contributed by atoms with E-state index in [0.29, 0.717) is 23.5 Å². The number of hydrogen-bond donors (Lipinski definition) is 1. The quantitative estimate of drug-likeness (QED) is 0.845. The van der Waals surface area contributed by atoms with Gasteiger partial charge in [-0.3, -0.25) is 4.68 Å². The minimum atomic E-state index is -0.174. The zero-order valence-corrected chi connectivity index (χ0v) is 10.2. The van der Waals surface area contributed by atoms with Gasteiger partial charge in [-0.05, 0) is 12.5 Å². The number of aryl methyl sites for hydroxylation is 1. The number of nitrogens with one attached hydrogen (secondary N) is 1. The van der Waals surface area contributed by atoms with Gasteiger partial charge >= 0.3 is 0 Å². The molecule has 0 unspecified atom stereocenters. The largest absolute Gasteiger partial charge is 0.336 e. The second-order valence-electron chi connectivity index (χ2n) is 3.71. The molecule has 0 amide bonds. The summed E-state index contributed by atoms with van der Waals surface area (Å²) in [6, 6.07) is 7.14. The van der Waals surface area contributed by atoms with Crippen molar-refractivity contribution in [3.63, 3.8) is 0 Å². The first kappa shape index (κ1) is 11.7. The zero-order valence-electron chi connectivity index (χ0n) is 9.35. The topological polar surface area (TPSA) is 29.9 Å². The molecule has 2 aromatic rings. The van der Waals surface area contributed by atoms with E-state index in [0.717, 1.165) is 0 Å². The summed E-state index contributed by atoms with van der Waals surface area (Å²) in [5.74, 6) is 0.486. The van der Waals surface area contributed by atoms with Crippen LogP contribution in [-0.4, -0.2) is 15.3 Å². The Morgan fingerprint density at radius 1 is 1.47 bits per heavy atom. The van der Waals surface area contributed by atoms with Gasteiger partial charge in [0.2, 0.25) is 0 Å². The molecule has 0 saturated heterocycles. The summed E-state index contributed by atoms with van der Waals surface area (Å²) in [5.41, 5.74) is 2.66. The van der Waals surface area contributed by atoms with Crippen molar-refractivity contribution in [2.24, 2.45) is 0 Å². The molecule has 2 rings (SSSR count). The van der Waals surface area contributed by atoms with Gasteiger partial charge in [0.25, 0.3) is 0 Å². The van der Waals surface area contributed by atoms with Crippen molar-refractivity contribution < 1.29 is 4.39 Å². The van der Waals surface area contributed by atoms with Gasteiger partial charge in [-0.25, -0.2) is 4.39 Å². The molecule has 1 N–H and O–H groups in total. The van der Waals surface area contributed by atoms with Crippen molar-refractivity contribution in [1.82, 2.24) is 9.78 Å². The van der Waals surface area contributed by atoms with E-state index in [2.05, 4.69) is 22.6 Å². The molecular weight excluding hydrogens is 237 g/mol. The fourth-order valence-corrected chi connectivity index (χ4v) is 1.71. The van der Waals surface area contributed by atoms with Crippen LogP contribution >= 0.6 is 12.2 Å². The molecule has 0 aliphatic heterocycles. The molecule has 17 heavy (non-hydrogen) atoms. The Hall–Kier alpha value is -1.75. The standard InChI is InChI=1S/C12H12FN3S/c1-9-3-2-4-10(12(9)13)7-16-6-5-11(15-16)14-8-17/h2-6,8H,7H2,1H3,(H,14,15,17). The highest BCUT2D eigenvalue weighted by atomic mass is 32.1. The van der Waals surface area contributed by atoms with Crippen LogP contribution in [0.3, 0.4) is 0 Å². The third-order valence-electron chi connectivity index (χ3n) is 2.45. The van der Waals surface area contributed by atoms with Crippen molar-refractivity contribution >= 4 is 23.5 Å². The molecule has 3 nitrogen and oxygen atoms in total. The van der Waals surface area contributed by atoms with Crippen molar-refractivity contribution in [1.29, 1.82) is 0 Å². The van der Waals surface area contributed by atoms with Crippen molar-refractivity contribution in [3.8, 4) is 0 Å². The first-order valence-corrected chi connectivity index (χ1v) is 5.65. The van der Waals surface area contributed by atoms with Gasteiger partial charge in [-0.15, -0.1) is 0 Å². The fourth-order valence-electron chi connectivity index (χ4n) is 1.59. The second-order valence-corrected chi connectivity index (χ2v) is 3.94. The summed E-state index contributed by atoms with van der Waals surface area (Å²) >= 11 is 4.67. The van der Waals surface area contributed by atoms with Crippen LogP contribution in [0.25, 0.3) is 0 Å². The van der Waals surface area contributed by atoms with Crippen LogP contribution in [0.2, 0.25) is 0 Å². The minimum absolute atomic E-state index is 0.174. The normalized spacial score (nSPS) is 10.2. The Morgan fingerprint density at radius 2 is 2.29 bits per heavy atom. The predicted octanol–water partition coefficient (Wildman–Crippen LogP) is 2.75. The second kappa shape index (κ2) is 5.05. The number of hydrogen-bond acceptors (Lipinski definition) is 2. The van der Waals surface area contributed by atoms with Crippen molar-refractivity contribution in [3.05, 3.63) is 47.4 Å². The molecular formula is C12H12FN3S. The Morgan fingerprint density at radius 3 is 3.06 bits per heavy atom. The highest BCUT2D eigenvalue weighted by Crippen LogP contribution is 2.13. The lowest BCUT2D eigenvalue weighted by molar-refractivity contribution is 0.578. The van der Waals surface area contributed by atoms with Crippen LogP contribution in [0.5, 0.6) is 0 Å². The number of thiocarbonyl (C=S) groups is 1. The Bertz CT molecular complexity index is 536. The predicted molar refractivity (Wildman–Crippen MR) is 69.7 cm³/mol. The van der Waals surface area contributed by atoms with Gasteiger partial charge in [0.05, 0.1) is 12.0 Å². The Kier molecular flexibility index (Phi) is 3.49. The maximum atomic E-state index is 13.8. The number of aromatic nitrogens is 2. The maximum absolute atomic E-state index is 13.8. The first-order chi connectivity index (χ1) is 8.20. The highest BCUT2D eigenvalue weighted by molar-refractivity contribution is 7.79. The molecule has 5 heteroatoms. The van der Waals surface area contributed by atoms with Crippen LogP contribution in [0.15, 0.2) is 30.5 Å². The van der Waals surface area contributed by atoms with Crippen LogP contribution in [-0.2, 0) is 6.54 Å². The minimum Gasteiger partial charge on any atom is -0.336 e. The summed E-state index contributed by atoms with van der Waals surface area (Å²) in [6.07, 6.45) is 1.78. The molecule has 1 aromatic heterocycles. The summed E-state index contributed by atoms with van der Waals surface area (Å²) in [6.45, 7) is 2.16. The van der Waals surface area contributed by atoms with E-state index in [1.165, 1.54) is 5.49 Å². The highest BCUT2D eigenvalue weighted by Gasteiger charge is 2.06. The Balaban J connectivity index is 2.19. The average molecular weight is 249 g/mol. The maximum Gasteiger partial charge on any atom is 0.152 e. The smallest absolute Gasteiger partial charge is 0.152 e. The van der Waals surface area contributed by atoms with Gasteiger partial charge in [0.1, 0.15) is 5.82 Å². The third kappa shape index (κ3) is 2.68. The lowest BCUT2D eigenvalue weighted by atomic mass is 10.1. The lowest BCUT2D eigenvalue weighted by Gasteiger charge is -2.05. The molecule has 0 aliphatic carbocycles. The summed E-state index contributed by atoms with van der Waals surface area (Å²) in [4.78, 5) is 0. The summed E-state index contributed by atoms with van der Waals surface area (Å²) in [5, 5.41) is 7.01. The number of benzene rings is 1. The molecule has 0 bridgehead atoms. The zero-order chi connectivity index (χ0) is 12.3. The average Bonchev–Trinajstić information content (AvgIpc) is 2.73. The first-order valence-electron chi connectivity index (χ1n) is 5.18. The van der Waals surface area contributed by atoms with E-state index in [1.54, 1.807) is 36.0 Å². The van der Waals surface area contributed by atoms with Gasteiger partial charge in [0.15, 0.2) is 5.82 Å². The van der Waals surface area contributed by atoms with Gasteiger partial charge in [-0.1, -0.05) is 30.4 Å². The molecule has 0 spiro atoms. The number of halogens is 1. The molecule has 0 saturated carbocycles. The summed E-state index contributed by atoms with van der Waals surface area (Å²) in [7, 11) is 0. The number of nitrogens with zero attached hydrogens (tertiary/aromatic N) is 2. The lowest BCUT2D eigenvalue weighted by Crippen LogP contribution is -2.04. The number of rotatable bonds is 4. The molecule has 0 atom stereocenters. The van der Waals surface area contributed by atoms with E-state index >= 15 is 0 Å². The van der Waals surface area contributed by atoms with Crippen LogP contribution < -0.4 is 5.32 Å². The monoisotopic (exact) mass is 249 g/mol. The molecule has 88 valence electrons.